The Bertz CT molecular complexity index is 433. The number of hydrogen-bond donors (Lipinski definition) is 1. The Hall–Kier alpha value is -0.540. The molecule has 0 saturated heterocycles. The number of benzene rings is 1. The van der Waals surface area contributed by atoms with Crippen LogP contribution < -0.4 is 5.32 Å². The molecule has 1 aromatic rings. The van der Waals surface area contributed by atoms with Crippen LogP contribution in [0.3, 0.4) is 0 Å². The molecule has 112 valence electrons. The first kappa shape index (κ1) is 15.8. The van der Waals surface area contributed by atoms with Crippen molar-refractivity contribution in [2.24, 2.45) is 11.3 Å². The molecule has 1 N–H and O–H groups in total. The number of hydrogen-bond acceptors (Lipinski definition) is 2. The molecular weight excluding hydrogens is 314 g/mol. The third kappa shape index (κ3) is 4.78. The lowest BCUT2D eigenvalue weighted by Gasteiger charge is -2.38. The van der Waals surface area contributed by atoms with E-state index in [1.54, 1.807) is 0 Å². The summed E-state index contributed by atoms with van der Waals surface area (Å²) in [5, 5.41) is 3.41. The van der Waals surface area contributed by atoms with E-state index in [1.165, 1.54) is 19.3 Å². The lowest BCUT2D eigenvalue weighted by Crippen LogP contribution is -2.33. The first-order valence-electron chi connectivity index (χ1n) is 7.56. The number of nitrogens with one attached hydrogen (secondary N) is 1. The molecule has 0 amide bonds. The van der Waals surface area contributed by atoms with E-state index in [0.29, 0.717) is 11.5 Å². The average Bonchev–Trinajstić information content (AvgIpc) is 2.34. The molecule has 0 aliphatic heterocycles. The molecule has 0 spiro atoms. The standard InChI is InChI=1S/C17H26BrNO/c1-13-10-14(12-17(2,3)11-13)20-9-8-19-16-7-5-4-6-15(16)18/h4-7,13-14,19H,8-12H2,1-3H3. The number of halogens is 1. The summed E-state index contributed by atoms with van der Waals surface area (Å²) in [4.78, 5) is 0. The SMILES string of the molecule is CC1CC(OCCNc2ccccc2Br)CC(C)(C)C1. The maximum atomic E-state index is 6.07. The van der Waals surface area contributed by atoms with Crippen molar-refractivity contribution in [3.63, 3.8) is 0 Å². The zero-order chi connectivity index (χ0) is 14.6. The van der Waals surface area contributed by atoms with Crippen LogP contribution in [0.1, 0.15) is 40.0 Å². The molecule has 1 aromatic carbocycles. The Morgan fingerprint density at radius 1 is 1.30 bits per heavy atom. The first-order chi connectivity index (χ1) is 9.46. The van der Waals surface area contributed by atoms with Gasteiger partial charge in [-0.05, 0) is 58.7 Å². The van der Waals surface area contributed by atoms with Gasteiger partial charge in [-0.2, -0.15) is 0 Å². The summed E-state index contributed by atoms with van der Waals surface area (Å²) in [6, 6.07) is 8.20. The molecule has 2 nitrogen and oxygen atoms in total. The van der Waals surface area contributed by atoms with Crippen molar-refractivity contribution in [1.82, 2.24) is 0 Å². The van der Waals surface area contributed by atoms with Gasteiger partial charge in [0.2, 0.25) is 0 Å². The van der Waals surface area contributed by atoms with E-state index in [0.717, 1.165) is 29.2 Å². The fourth-order valence-electron chi connectivity index (χ4n) is 3.40. The van der Waals surface area contributed by atoms with E-state index in [9.17, 15) is 0 Å². The van der Waals surface area contributed by atoms with Crippen LogP contribution in [0.15, 0.2) is 28.7 Å². The number of ether oxygens (including phenoxy) is 1. The fourth-order valence-corrected chi connectivity index (χ4v) is 3.83. The third-order valence-corrected chi connectivity index (χ3v) is 4.68. The van der Waals surface area contributed by atoms with E-state index >= 15 is 0 Å². The van der Waals surface area contributed by atoms with E-state index < -0.39 is 0 Å². The van der Waals surface area contributed by atoms with Crippen LogP contribution in [0.2, 0.25) is 0 Å². The molecule has 1 aliphatic rings. The van der Waals surface area contributed by atoms with E-state index in [2.05, 4.69) is 54.2 Å². The lowest BCUT2D eigenvalue weighted by atomic mass is 9.71. The van der Waals surface area contributed by atoms with Gasteiger partial charge < -0.3 is 10.1 Å². The van der Waals surface area contributed by atoms with Crippen LogP contribution in [0.4, 0.5) is 5.69 Å². The minimum Gasteiger partial charge on any atom is -0.382 e. The lowest BCUT2D eigenvalue weighted by molar-refractivity contribution is -0.0185. The van der Waals surface area contributed by atoms with Crippen LogP contribution in [-0.4, -0.2) is 19.3 Å². The monoisotopic (exact) mass is 339 g/mol. The summed E-state index contributed by atoms with van der Waals surface area (Å²) in [7, 11) is 0. The highest BCUT2D eigenvalue weighted by molar-refractivity contribution is 9.10. The summed E-state index contributed by atoms with van der Waals surface area (Å²) < 4.78 is 7.18. The van der Waals surface area contributed by atoms with Gasteiger partial charge in [0, 0.05) is 16.7 Å². The Labute approximate surface area is 131 Å². The minimum absolute atomic E-state index is 0.426. The molecule has 1 saturated carbocycles. The molecule has 0 bridgehead atoms. The normalized spacial score (nSPS) is 25.4. The Morgan fingerprint density at radius 3 is 2.75 bits per heavy atom. The van der Waals surface area contributed by atoms with Crippen LogP contribution in [0, 0.1) is 11.3 Å². The second kappa shape index (κ2) is 6.95. The maximum Gasteiger partial charge on any atom is 0.0642 e. The predicted molar refractivity (Wildman–Crippen MR) is 89.2 cm³/mol. The van der Waals surface area contributed by atoms with Crippen molar-refractivity contribution >= 4 is 21.6 Å². The Kier molecular flexibility index (Phi) is 5.50. The van der Waals surface area contributed by atoms with E-state index in [-0.39, 0.29) is 0 Å². The molecular formula is C17H26BrNO. The molecule has 3 heteroatoms. The number of para-hydroxylation sites is 1. The highest BCUT2D eigenvalue weighted by atomic mass is 79.9. The highest BCUT2D eigenvalue weighted by Crippen LogP contribution is 2.39. The van der Waals surface area contributed by atoms with Crippen LogP contribution in [0.25, 0.3) is 0 Å². The fraction of sp³-hybridized carbons (Fsp3) is 0.647. The van der Waals surface area contributed by atoms with Crippen LogP contribution >= 0.6 is 15.9 Å². The van der Waals surface area contributed by atoms with Crippen molar-refractivity contribution in [2.45, 2.75) is 46.1 Å². The van der Waals surface area contributed by atoms with Gasteiger partial charge in [0.15, 0.2) is 0 Å². The smallest absolute Gasteiger partial charge is 0.0642 e. The molecule has 0 heterocycles. The van der Waals surface area contributed by atoms with Gasteiger partial charge in [-0.1, -0.05) is 32.9 Å². The topological polar surface area (TPSA) is 21.3 Å². The summed E-state index contributed by atoms with van der Waals surface area (Å²) in [5.74, 6) is 0.778. The quantitative estimate of drug-likeness (QED) is 0.754. The van der Waals surface area contributed by atoms with Crippen molar-refractivity contribution in [3.05, 3.63) is 28.7 Å². The maximum absolute atomic E-state index is 6.07. The van der Waals surface area contributed by atoms with Gasteiger partial charge in [-0.3, -0.25) is 0 Å². The van der Waals surface area contributed by atoms with Crippen molar-refractivity contribution < 1.29 is 4.74 Å². The second-order valence-corrected chi connectivity index (χ2v) is 7.67. The molecule has 2 unspecified atom stereocenters. The molecule has 20 heavy (non-hydrogen) atoms. The van der Waals surface area contributed by atoms with E-state index in [1.807, 2.05) is 12.1 Å². The highest BCUT2D eigenvalue weighted by Gasteiger charge is 2.32. The van der Waals surface area contributed by atoms with Gasteiger partial charge in [-0.25, -0.2) is 0 Å². The van der Waals surface area contributed by atoms with Crippen LogP contribution in [-0.2, 0) is 4.74 Å². The Balaban J connectivity index is 1.72. The van der Waals surface area contributed by atoms with Crippen molar-refractivity contribution in [1.29, 1.82) is 0 Å². The Morgan fingerprint density at radius 2 is 2.05 bits per heavy atom. The second-order valence-electron chi connectivity index (χ2n) is 6.81. The van der Waals surface area contributed by atoms with E-state index in [4.69, 9.17) is 4.74 Å². The van der Waals surface area contributed by atoms with Gasteiger partial charge in [0.1, 0.15) is 0 Å². The molecule has 1 aliphatic carbocycles. The van der Waals surface area contributed by atoms with Gasteiger partial charge >= 0.3 is 0 Å². The average molecular weight is 340 g/mol. The summed E-state index contributed by atoms with van der Waals surface area (Å²) in [6.45, 7) is 8.69. The summed E-state index contributed by atoms with van der Waals surface area (Å²) in [5.41, 5.74) is 1.56. The van der Waals surface area contributed by atoms with Crippen molar-refractivity contribution in [3.8, 4) is 0 Å². The number of anilines is 1. The zero-order valence-electron chi connectivity index (χ0n) is 12.8. The molecule has 2 rings (SSSR count). The third-order valence-electron chi connectivity index (χ3n) is 3.99. The molecule has 0 radical (unpaired) electrons. The van der Waals surface area contributed by atoms with Crippen LogP contribution in [0.5, 0.6) is 0 Å². The predicted octanol–water partition coefficient (Wildman–Crippen LogP) is 5.09. The minimum atomic E-state index is 0.426. The molecule has 0 aromatic heterocycles. The summed E-state index contributed by atoms with van der Waals surface area (Å²) in [6.07, 6.45) is 4.14. The van der Waals surface area contributed by atoms with Gasteiger partial charge in [0.05, 0.1) is 12.7 Å². The zero-order valence-corrected chi connectivity index (χ0v) is 14.4. The van der Waals surface area contributed by atoms with Crippen molar-refractivity contribution in [2.75, 3.05) is 18.5 Å². The largest absolute Gasteiger partial charge is 0.382 e. The van der Waals surface area contributed by atoms with Gasteiger partial charge in [0.25, 0.3) is 0 Å². The number of rotatable bonds is 5. The van der Waals surface area contributed by atoms with Gasteiger partial charge in [-0.15, -0.1) is 0 Å². The first-order valence-corrected chi connectivity index (χ1v) is 8.35. The molecule has 2 atom stereocenters. The summed E-state index contributed by atoms with van der Waals surface area (Å²) >= 11 is 3.54. The molecule has 1 fully saturated rings.